The minimum Gasteiger partial charge on any atom is -0.508 e. The van der Waals surface area contributed by atoms with E-state index in [2.05, 4.69) is 20.8 Å². The van der Waals surface area contributed by atoms with Gasteiger partial charge in [-0.2, -0.15) is 5.10 Å². The molecule has 0 spiro atoms. The van der Waals surface area contributed by atoms with E-state index in [0.717, 1.165) is 17.5 Å². The third kappa shape index (κ3) is 4.18. The second kappa shape index (κ2) is 8.43. The molecule has 8 heteroatoms. The van der Waals surface area contributed by atoms with Crippen molar-refractivity contribution in [2.24, 2.45) is 5.10 Å². The molecule has 8 nitrogen and oxygen atoms in total. The Kier molecular flexibility index (Phi) is 5.53. The third-order valence-electron chi connectivity index (χ3n) is 5.20. The average molecular weight is 418 g/mol. The van der Waals surface area contributed by atoms with Gasteiger partial charge in [-0.25, -0.2) is 10.4 Å². The van der Waals surface area contributed by atoms with E-state index in [1.54, 1.807) is 12.3 Å². The maximum atomic E-state index is 12.8. The molecule has 0 bridgehead atoms. The summed E-state index contributed by atoms with van der Waals surface area (Å²) >= 11 is 0. The molecule has 1 aromatic carbocycles. The molecule has 0 saturated carbocycles. The lowest BCUT2D eigenvalue weighted by Crippen LogP contribution is -2.22. The quantitative estimate of drug-likeness (QED) is 0.558. The molecule has 2 heterocycles. The largest absolute Gasteiger partial charge is 0.508 e. The maximum Gasteiger partial charge on any atom is 0.292 e. The Hall–Kier alpha value is -3.94. The standard InChI is InChI=1S/C23H22N4O4/c1-13-5-4-12-24-21(13)25-23(30)20-14(2)19-17(6-3-7-18(19)31-20)26-27-22(29)15-8-10-16(28)11-9-15/h4-5,8-12,28H,3,6-7H2,1-2H3,(H,27,29)(H,24,25,30)/b26-17+. The van der Waals surface area contributed by atoms with Crippen molar-refractivity contribution in [1.82, 2.24) is 10.4 Å². The van der Waals surface area contributed by atoms with E-state index in [0.29, 0.717) is 41.3 Å². The number of aromatic nitrogens is 1. The third-order valence-corrected chi connectivity index (χ3v) is 5.20. The molecule has 0 unspecified atom stereocenters. The van der Waals surface area contributed by atoms with E-state index in [9.17, 15) is 14.7 Å². The van der Waals surface area contributed by atoms with Crippen LogP contribution in [-0.4, -0.2) is 27.6 Å². The molecule has 0 fully saturated rings. The number of phenolic OH excluding ortho intramolecular Hbond substituents is 1. The lowest BCUT2D eigenvalue weighted by Gasteiger charge is -2.13. The smallest absolute Gasteiger partial charge is 0.292 e. The highest BCUT2D eigenvalue weighted by molar-refractivity contribution is 6.09. The summed E-state index contributed by atoms with van der Waals surface area (Å²) < 4.78 is 5.88. The Balaban J connectivity index is 1.57. The van der Waals surface area contributed by atoms with Crippen LogP contribution in [0.2, 0.25) is 0 Å². The number of furan rings is 1. The van der Waals surface area contributed by atoms with E-state index < -0.39 is 0 Å². The number of rotatable bonds is 4. The van der Waals surface area contributed by atoms with Crippen LogP contribution in [0.5, 0.6) is 5.75 Å². The minimum absolute atomic E-state index is 0.0838. The molecule has 3 aromatic rings. The Morgan fingerprint density at radius 2 is 1.87 bits per heavy atom. The number of phenols is 1. The van der Waals surface area contributed by atoms with Gasteiger partial charge in [0.1, 0.15) is 17.3 Å². The van der Waals surface area contributed by atoms with Crippen LogP contribution in [-0.2, 0) is 6.42 Å². The number of nitrogens with one attached hydrogen (secondary N) is 2. The molecule has 1 aliphatic rings. The monoisotopic (exact) mass is 418 g/mol. The van der Waals surface area contributed by atoms with Crippen LogP contribution in [0.25, 0.3) is 0 Å². The molecule has 2 aromatic heterocycles. The number of aryl methyl sites for hydroxylation is 2. The molecule has 0 atom stereocenters. The van der Waals surface area contributed by atoms with Crippen LogP contribution in [0.15, 0.2) is 52.1 Å². The van der Waals surface area contributed by atoms with Crippen molar-refractivity contribution in [1.29, 1.82) is 0 Å². The normalized spacial score (nSPS) is 14.2. The Bertz CT molecular complexity index is 1180. The van der Waals surface area contributed by atoms with Gasteiger partial charge in [0.2, 0.25) is 0 Å². The first-order chi connectivity index (χ1) is 14.9. The molecule has 158 valence electrons. The summed E-state index contributed by atoms with van der Waals surface area (Å²) in [7, 11) is 0. The number of benzene rings is 1. The molecule has 4 rings (SSSR count). The van der Waals surface area contributed by atoms with E-state index in [1.165, 1.54) is 24.3 Å². The molecular formula is C23H22N4O4. The number of carbonyl (C=O) groups is 2. The number of hydrogen-bond donors (Lipinski definition) is 3. The van der Waals surface area contributed by atoms with Gasteiger partial charge in [0.25, 0.3) is 11.8 Å². The van der Waals surface area contributed by atoms with Crippen molar-refractivity contribution in [2.75, 3.05) is 5.32 Å². The van der Waals surface area contributed by atoms with Gasteiger partial charge in [-0.05, 0) is 62.6 Å². The summed E-state index contributed by atoms with van der Waals surface area (Å²) in [6.45, 7) is 3.68. The summed E-state index contributed by atoms with van der Waals surface area (Å²) in [6, 6.07) is 9.58. The first kappa shape index (κ1) is 20.3. The van der Waals surface area contributed by atoms with Crippen molar-refractivity contribution in [3.63, 3.8) is 0 Å². The summed E-state index contributed by atoms with van der Waals surface area (Å²) in [5.41, 5.74) is 5.90. The first-order valence-corrected chi connectivity index (χ1v) is 9.95. The SMILES string of the molecule is Cc1cccnc1NC(=O)c1oc2c(c1C)/C(=N/NC(=O)c1ccc(O)cc1)CCC2. The van der Waals surface area contributed by atoms with Crippen molar-refractivity contribution in [3.05, 3.63) is 76.4 Å². The summed E-state index contributed by atoms with van der Waals surface area (Å²) in [5.74, 6) is 0.709. The lowest BCUT2D eigenvalue weighted by atomic mass is 9.93. The van der Waals surface area contributed by atoms with Gasteiger partial charge in [0.15, 0.2) is 5.76 Å². The van der Waals surface area contributed by atoms with Crippen molar-refractivity contribution < 1.29 is 19.1 Å². The molecule has 0 saturated heterocycles. The second-order valence-corrected chi connectivity index (χ2v) is 7.38. The van der Waals surface area contributed by atoms with Crippen LogP contribution in [0.1, 0.15) is 56.2 Å². The Morgan fingerprint density at radius 3 is 2.61 bits per heavy atom. The summed E-state index contributed by atoms with van der Waals surface area (Å²) in [4.78, 5) is 29.4. The number of amides is 2. The van der Waals surface area contributed by atoms with Gasteiger partial charge < -0.3 is 14.8 Å². The predicted molar refractivity (Wildman–Crippen MR) is 115 cm³/mol. The van der Waals surface area contributed by atoms with Crippen LogP contribution in [0, 0.1) is 13.8 Å². The van der Waals surface area contributed by atoms with E-state index in [1.807, 2.05) is 19.9 Å². The summed E-state index contributed by atoms with van der Waals surface area (Å²) in [6.07, 6.45) is 3.76. The van der Waals surface area contributed by atoms with Gasteiger partial charge in [0, 0.05) is 29.3 Å². The molecule has 31 heavy (non-hydrogen) atoms. The topological polar surface area (TPSA) is 117 Å². The summed E-state index contributed by atoms with van der Waals surface area (Å²) in [5, 5.41) is 16.5. The number of fused-ring (bicyclic) bond motifs is 1. The fourth-order valence-electron chi connectivity index (χ4n) is 3.57. The maximum absolute atomic E-state index is 12.8. The fraction of sp³-hybridized carbons (Fsp3) is 0.217. The Labute approximate surface area is 179 Å². The predicted octanol–water partition coefficient (Wildman–Crippen LogP) is 3.72. The number of carbonyl (C=O) groups excluding carboxylic acids is 2. The van der Waals surface area contributed by atoms with Crippen molar-refractivity contribution >= 4 is 23.3 Å². The lowest BCUT2D eigenvalue weighted by molar-refractivity contribution is 0.0953. The number of hydrogen-bond acceptors (Lipinski definition) is 6. The number of pyridine rings is 1. The van der Waals surface area contributed by atoms with Gasteiger partial charge >= 0.3 is 0 Å². The second-order valence-electron chi connectivity index (χ2n) is 7.38. The van der Waals surface area contributed by atoms with E-state index in [-0.39, 0.29) is 23.3 Å². The van der Waals surface area contributed by atoms with Crippen LogP contribution < -0.4 is 10.7 Å². The fourth-order valence-corrected chi connectivity index (χ4v) is 3.57. The highest BCUT2D eigenvalue weighted by Crippen LogP contribution is 2.30. The Morgan fingerprint density at radius 1 is 1.10 bits per heavy atom. The first-order valence-electron chi connectivity index (χ1n) is 9.95. The zero-order valence-electron chi connectivity index (χ0n) is 17.2. The van der Waals surface area contributed by atoms with E-state index in [4.69, 9.17) is 4.42 Å². The van der Waals surface area contributed by atoms with Crippen LogP contribution in [0.4, 0.5) is 5.82 Å². The number of hydrazone groups is 1. The van der Waals surface area contributed by atoms with Gasteiger partial charge in [-0.1, -0.05) is 6.07 Å². The molecule has 3 N–H and O–H groups in total. The van der Waals surface area contributed by atoms with Crippen molar-refractivity contribution in [3.8, 4) is 5.75 Å². The highest BCUT2D eigenvalue weighted by atomic mass is 16.4. The zero-order valence-corrected chi connectivity index (χ0v) is 17.2. The van der Waals surface area contributed by atoms with E-state index >= 15 is 0 Å². The minimum atomic E-state index is -0.385. The van der Waals surface area contributed by atoms with Crippen LogP contribution in [0.3, 0.4) is 0 Å². The number of anilines is 1. The molecular weight excluding hydrogens is 396 g/mol. The highest BCUT2D eigenvalue weighted by Gasteiger charge is 2.28. The average Bonchev–Trinajstić information content (AvgIpc) is 3.11. The molecule has 2 amide bonds. The van der Waals surface area contributed by atoms with Crippen molar-refractivity contribution in [2.45, 2.75) is 33.1 Å². The zero-order chi connectivity index (χ0) is 22.0. The molecule has 0 aliphatic heterocycles. The van der Waals surface area contributed by atoms with Gasteiger partial charge in [-0.15, -0.1) is 0 Å². The molecule has 0 radical (unpaired) electrons. The molecule has 1 aliphatic carbocycles. The van der Waals surface area contributed by atoms with Gasteiger partial charge in [0.05, 0.1) is 5.71 Å². The number of aromatic hydroxyl groups is 1. The van der Waals surface area contributed by atoms with Crippen LogP contribution >= 0.6 is 0 Å². The number of nitrogens with zero attached hydrogens (tertiary/aromatic N) is 2. The van der Waals surface area contributed by atoms with Gasteiger partial charge in [-0.3, -0.25) is 9.59 Å².